The molecule has 0 aliphatic carbocycles. The lowest BCUT2D eigenvalue weighted by atomic mass is 9.85. The van der Waals surface area contributed by atoms with E-state index in [1.165, 1.54) is 49.2 Å². The van der Waals surface area contributed by atoms with Gasteiger partial charge in [-0.1, -0.05) is 47.5 Å². The second kappa shape index (κ2) is 9.58. The number of ether oxygens (including phenoxy) is 1. The van der Waals surface area contributed by atoms with Crippen molar-refractivity contribution in [2.75, 3.05) is 0 Å². The topological polar surface area (TPSA) is 68.1 Å². The molecule has 174 valence electrons. The van der Waals surface area contributed by atoms with Gasteiger partial charge in [-0.2, -0.15) is 0 Å². The van der Waals surface area contributed by atoms with E-state index < -0.39 is 12.0 Å². The van der Waals surface area contributed by atoms with E-state index in [0.29, 0.717) is 38.0 Å². The Bertz CT molecular complexity index is 1270. The van der Waals surface area contributed by atoms with Crippen molar-refractivity contribution in [3.05, 3.63) is 106 Å². The Hall–Kier alpha value is -3.20. The van der Waals surface area contributed by atoms with E-state index >= 15 is 0 Å². The fourth-order valence-electron chi connectivity index (χ4n) is 3.45. The van der Waals surface area contributed by atoms with Crippen LogP contribution in [0.1, 0.15) is 16.8 Å². The molecule has 2 aromatic carbocycles. The minimum absolute atomic E-state index is 0.0756. The van der Waals surface area contributed by atoms with Crippen molar-refractivity contribution in [1.29, 1.82) is 0 Å². The number of pyridine rings is 1. The molecule has 0 fully saturated rings. The van der Waals surface area contributed by atoms with E-state index in [2.05, 4.69) is 19.7 Å². The van der Waals surface area contributed by atoms with Gasteiger partial charge in [0.05, 0.1) is 5.69 Å². The molecule has 4 aromatic rings. The molecule has 2 aromatic heterocycles. The van der Waals surface area contributed by atoms with Gasteiger partial charge in [-0.15, -0.1) is 13.2 Å². The average molecular weight is 506 g/mol. The van der Waals surface area contributed by atoms with Gasteiger partial charge in [0.15, 0.2) is 0 Å². The summed E-state index contributed by atoms with van der Waals surface area (Å²) in [5.74, 6) is -0.320. The second-order valence-corrected chi connectivity index (χ2v) is 8.25. The number of aliphatic hydroxyl groups is 1. The first kappa shape index (κ1) is 23.9. The molecule has 5 nitrogen and oxygen atoms in total. The number of alkyl halides is 3. The molecule has 0 radical (unpaired) electrons. The number of halogens is 5. The van der Waals surface area contributed by atoms with Crippen molar-refractivity contribution in [3.8, 4) is 16.9 Å². The van der Waals surface area contributed by atoms with Crippen LogP contribution in [-0.2, 0) is 12.0 Å². The van der Waals surface area contributed by atoms with Crippen LogP contribution in [0.3, 0.4) is 0 Å². The quantitative estimate of drug-likeness (QED) is 0.336. The minimum Gasteiger partial charge on any atom is -0.406 e. The summed E-state index contributed by atoms with van der Waals surface area (Å²) in [5.41, 5.74) is 1.02. The lowest BCUT2D eigenvalue weighted by molar-refractivity contribution is -0.274. The molecular formula is C24H16Cl2F3N3O2. The van der Waals surface area contributed by atoms with Gasteiger partial charge in [0.2, 0.25) is 0 Å². The highest BCUT2D eigenvalue weighted by Gasteiger charge is 2.35. The number of rotatable bonds is 6. The van der Waals surface area contributed by atoms with Gasteiger partial charge in [-0.05, 0) is 41.5 Å². The van der Waals surface area contributed by atoms with Crippen molar-refractivity contribution < 1.29 is 23.0 Å². The predicted molar refractivity (Wildman–Crippen MR) is 122 cm³/mol. The number of hydrogen-bond acceptors (Lipinski definition) is 5. The van der Waals surface area contributed by atoms with Crippen molar-refractivity contribution in [1.82, 2.24) is 15.0 Å². The van der Waals surface area contributed by atoms with Crippen molar-refractivity contribution in [3.63, 3.8) is 0 Å². The van der Waals surface area contributed by atoms with Crippen LogP contribution >= 0.6 is 23.2 Å². The van der Waals surface area contributed by atoms with E-state index in [4.69, 9.17) is 23.2 Å². The third-order valence-electron chi connectivity index (χ3n) is 5.11. The van der Waals surface area contributed by atoms with E-state index in [-0.39, 0.29) is 12.2 Å². The summed E-state index contributed by atoms with van der Waals surface area (Å²) in [5, 5.41) is 12.6. The summed E-state index contributed by atoms with van der Waals surface area (Å²) in [7, 11) is 0. The smallest absolute Gasteiger partial charge is 0.406 e. The molecular weight excluding hydrogens is 490 g/mol. The van der Waals surface area contributed by atoms with Crippen LogP contribution in [0.15, 0.2) is 79.5 Å². The second-order valence-electron chi connectivity index (χ2n) is 7.40. The fourth-order valence-corrected chi connectivity index (χ4v) is 3.93. The maximum atomic E-state index is 12.4. The maximum absolute atomic E-state index is 12.4. The van der Waals surface area contributed by atoms with Crippen LogP contribution in [0.2, 0.25) is 10.0 Å². The van der Waals surface area contributed by atoms with Gasteiger partial charge in [0.25, 0.3) is 0 Å². The Morgan fingerprint density at radius 2 is 1.53 bits per heavy atom. The molecule has 1 unspecified atom stereocenters. The lowest BCUT2D eigenvalue weighted by Crippen LogP contribution is -2.31. The van der Waals surface area contributed by atoms with E-state index in [9.17, 15) is 18.3 Å². The van der Waals surface area contributed by atoms with E-state index in [1.807, 2.05) is 0 Å². The molecule has 2 heterocycles. The van der Waals surface area contributed by atoms with Crippen molar-refractivity contribution in [2.45, 2.75) is 18.4 Å². The Morgan fingerprint density at radius 3 is 2.12 bits per heavy atom. The largest absolute Gasteiger partial charge is 0.573 e. The number of hydrogen-bond donors (Lipinski definition) is 1. The first-order valence-electron chi connectivity index (χ1n) is 9.88. The number of nitrogens with zero attached hydrogens (tertiary/aromatic N) is 3. The molecule has 4 rings (SSSR count). The highest BCUT2D eigenvalue weighted by atomic mass is 35.5. The molecule has 0 spiro atoms. The van der Waals surface area contributed by atoms with Gasteiger partial charge in [0, 0.05) is 46.2 Å². The maximum Gasteiger partial charge on any atom is 0.573 e. The Labute approximate surface area is 202 Å². The molecule has 0 aliphatic heterocycles. The zero-order chi connectivity index (χ0) is 24.3. The lowest BCUT2D eigenvalue weighted by Gasteiger charge is -2.28. The fraction of sp³-hybridized carbons (Fsp3) is 0.125. The normalized spacial score (nSPS) is 13.4. The monoisotopic (exact) mass is 505 g/mol. The van der Waals surface area contributed by atoms with Gasteiger partial charge in [-0.3, -0.25) is 4.98 Å². The summed E-state index contributed by atoms with van der Waals surface area (Å²) in [4.78, 5) is 12.5. The Kier molecular flexibility index (Phi) is 6.74. The molecule has 0 bridgehead atoms. The van der Waals surface area contributed by atoms with Gasteiger partial charge in [0.1, 0.15) is 17.7 Å². The number of aromatic nitrogens is 3. The summed E-state index contributed by atoms with van der Waals surface area (Å²) < 4.78 is 41.0. The summed E-state index contributed by atoms with van der Waals surface area (Å²) >= 11 is 12.3. The summed E-state index contributed by atoms with van der Waals surface area (Å²) in [6, 6.07) is 13.7. The SMILES string of the molecule is OC(Cc1ccc(Cl)cc1Cl)(c1cncnc1)c1ccc(-c2ccc(OC(F)(F)F)cc2)cn1. The molecule has 34 heavy (non-hydrogen) atoms. The first-order valence-corrected chi connectivity index (χ1v) is 10.6. The van der Waals surface area contributed by atoms with Gasteiger partial charge < -0.3 is 9.84 Å². The minimum atomic E-state index is -4.76. The van der Waals surface area contributed by atoms with Crippen LogP contribution < -0.4 is 4.74 Å². The molecule has 1 atom stereocenters. The van der Waals surface area contributed by atoms with Crippen LogP contribution in [0.25, 0.3) is 11.1 Å². The van der Waals surface area contributed by atoms with Gasteiger partial charge in [-0.25, -0.2) is 9.97 Å². The molecule has 1 N–H and O–H groups in total. The molecule has 10 heteroatoms. The molecule has 0 amide bonds. The van der Waals surface area contributed by atoms with Crippen LogP contribution in [0.5, 0.6) is 5.75 Å². The highest BCUT2D eigenvalue weighted by Crippen LogP contribution is 2.35. The average Bonchev–Trinajstić information content (AvgIpc) is 2.81. The first-order chi connectivity index (χ1) is 16.1. The molecule has 0 saturated carbocycles. The van der Waals surface area contributed by atoms with Crippen LogP contribution in [-0.4, -0.2) is 26.4 Å². The zero-order valence-corrected chi connectivity index (χ0v) is 18.8. The van der Waals surface area contributed by atoms with Crippen molar-refractivity contribution in [2.24, 2.45) is 0 Å². The third-order valence-corrected chi connectivity index (χ3v) is 5.69. The summed E-state index contributed by atoms with van der Waals surface area (Å²) in [6.45, 7) is 0. The third kappa shape index (κ3) is 5.47. The van der Waals surface area contributed by atoms with Crippen LogP contribution in [0.4, 0.5) is 13.2 Å². The standard InChI is InChI=1S/C24H16Cl2F3N3O2/c25-19-5-1-16(21(26)9-19)10-23(33,18-12-30-14-31-13-18)22-8-4-17(11-32-22)15-2-6-20(7-3-15)34-24(27,28)29/h1-9,11-14,33H,10H2. The van der Waals surface area contributed by atoms with E-state index in [0.717, 1.165) is 0 Å². The Morgan fingerprint density at radius 1 is 0.853 bits per heavy atom. The molecule has 0 aliphatic rings. The number of benzene rings is 2. The Balaban J connectivity index is 1.66. The predicted octanol–water partition coefficient (Wildman–Crippen LogP) is 6.22. The summed E-state index contributed by atoms with van der Waals surface area (Å²) in [6.07, 6.45) is 1.17. The van der Waals surface area contributed by atoms with Crippen molar-refractivity contribution >= 4 is 23.2 Å². The van der Waals surface area contributed by atoms with Crippen LogP contribution in [0, 0.1) is 0 Å². The molecule has 0 saturated heterocycles. The van der Waals surface area contributed by atoms with E-state index in [1.54, 1.807) is 30.3 Å². The van der Waals surface area contributed by atoms with Gasteiger partial charge >= 0.3 is 6.36 Å². The zero-order valence-electron chi connectivity index (χ0n) is 17.3. The highest BCUT2D eigenvalue weighted by molar-refractivity contribution is 6.35.